The summed E-state index contributed by atoms with van der Waals surface area (Å²) >= 11 is 0. The quantitative estimate of drug-likeness (QED) is 0.562. The molecule has 1 aromatic heterocycles. The van der Waals surface area contributed by atoms with Crippen LogP contribution in [0.1, 0.15) is 63.4 Å². The Hall–Kier alpha value is -2.77. The number of aromatic nitrogens is 2. The van der Waals surface area contributed by atoms with Gasteiger partial charge in [-0.05, 0) is 70.1 Å². The number of anilines is 1. The van der Waals surface area contributed by atoms with Crippen LogP contribution >= 0.6 is 0 Å². The second-order valence-corrected chi connectivity index (χ2v) is 9.45. The first-order valence-corrected chi connectivity index (χ1v) is 10.8. The molecule has 2 aromatic rings. The van der Waals surface area contributed by atoms with Crippen LogP contribution in [0.5, 0.6) is 0 Å². The molecule has 2 heterocycles. The summed E-state index contributed by atoms with van der Waals surface area (Å²) in [5.74, 6) is 0.446. The lowest BCUT2D eigenvalue weighted by Crippen LogP contribution is -2.41. The topological polar surface area (TPSA) is 111 Å². The van der Waals surface area contributed by atoms with E-state index in [0.717, 1.165) is 40.8 Å². The fourth-order valence-corrected chi connectivity index (χ4v) is 4.31. The molecule has 8 nitrogen and oxygen atoms in total. The minimum atomic E-state index is -0.515. The van der Waals surface area contributed by atoms with E-state index in [4.69, 9.17) is 15.2 Å². The lowest BCUT2D eigenvalue weighted by Gasteiger charge is -2.34. The number of nitrogen functional groups attached to an aromatic ring is 1. The number of likely N-dealkylation sites (tertiary alicyclic amines) is 1. The molecule has 1 aromatic carbocycles. The summed E-state index contributed by atoms with van der Waals surface area (Å²) in [6.45, 7) is 10.6. The highest BCUT2D eigenvalue weighted by atomic mass is 16.6. The number of fused-ring (bicyclic) bond motifs is 1. The average molecular weight is 431 g/mol. The number of hydrogen-bond acceptors (Lipinski definition) is 6. The highest BCUT2D eigenvalue weighted by Gasteiger charge is 2.31. The van der Waals surface area contributed by atoms with E-state index in [1.54, 1.807) is 4.90 Å². The number of piperidine rings is 1. The number of methoxy groups -OCH3 is 1. The molecule has 0 radical (unpaired) electrons. The number of amides is 1. The van der Waals surface area contributed by atoms with Crippen LogP contribution in [0.4, 0.5) is 10.5 Å². The summed E-state index contributed by atoms with van der Waals surface area (Å²) in [6, 6.07) is 2.06. The van der Waals surface area contributed by atoms with E-state index in [1.807, 2.05) is 34.6 Å². The Balaban J connectivity index is 1.88. The van der Waals surface area contributed by atoms with Gasteiger partial charge in [-0.15, -0.1) is 0 Å². The molecule has 1 atom stereocenters. The summed E-state index contributed by atoms with van der Waals surface area (Å²) in [4.78, 5) is 34.1. The average Bonchev–Trinajstić information content (AvgIpc) is 3.07. The number of carbonyl (C=O) groups excluding carboxylic acids is 2. The van der Waals surface area contributed by atoms with Crippen molar-refractivity contribution in [2.45, 2.75) is 65.4 Å². The molecule has 1 aliphatic rings. The largest absolute Gasteiger partial charge is 0.469 e. The van der Waals surface area contributed by atoms with Crippen molar-refractivity contribution >= 4 is 28.8 Å². The zero-order valence-corrected chi connectivity index (χ0v) is 19.4. The molecule has 8 heteroatoms. The van der Waals surface area contributed by atoms with Gasteiger partial charge in [0.15, 0.2) is 0 Å². The van der Waals surface area contributed by atoms with Crippen molar-refractivity contribution in [3.05, 3.63) is 23.0 Å². The summed E-state index contributed by atoms with van der Waals surface area (Å²) in [7, 11) is 1.40. The molecule has 1 fully saturated rings. The van der Waals surface area contributed by atoms with Crippen LogP contribution in [0.15, 0.2) is 6.07 Å². The number of carbonyl (C=O) groups is 2. The fraction of sp³-hybridized carbons (Fsp3) is 0.609. The van der Waals surface area contributed by atoms with E-state index in [-0.39, 0.29) is 23.9 Å². The van der Waals surface area contributed by atoms with Crippen LogP contribution in [0, 0.1) is 12.8 Å². The van der Waals surface area contributed by atoms with Gasteiger partial charge >= 0.3 is 12.1 Å². The number of nitrogens with zero attached hydrogens (tertiary/aromatic N) is 2. The Kier molecular flexibility index (Phi) is 6.48. The van der Waals surface area contributed by atoms with E-state index < -0.39 is 5.60 Å². The summed E-state index contributed by atoms with van der Waals surface area (Å²) in [5.41, 5.74) is 10.5. The molecule has 3 N–H and O–H groups in total. The third kappa shape index (κ3) is 5.11. The van der Waals surface area contributed by atoms with E-state index in [2.05, 4.69) is 16.0 Å². The molecule has 0 spiro atoms. The van der Waals surface area contributed by atoms with Crippen LogP contribution in [-0.2, 0) is 20.7 Å². The van der Waals surface area contributed by atoms with Crippen LogP contribution in [-0.4, -0.2) is 52.7 Å². The van der Waals surface area contributed by atoms with Gasteiger partial charge in [-0.25, -0.2) is 9.78 Å². The lowest BCUT2D eigenvalue weighted by atomic mass is 9.82. The van der Waals surface area contributed by atoms with Crippen molar-refractivity contribution in [3.63, 3.8) is 0 Å². The van der Waals surface area contributed by atoms with Gasteiger partial charge in [0.2, 0.25) is 0 Å². The number of H-pyrrole nitrogens is 1. The second kappa shape index (κ2) is 8.77. The maximum atomic E-state index is 12.4. The fourth-order valence-electron chi connectivity index (χ4n) is 4.31. The van der Waals surface area contributed by atoms with Gasteiger partial charge in [-0.3, -0.25) is 4.79 Å². The van der Waals surface area contributed by atoms with Crippen LogP contribution in [0.3, 0.4) is 0 Å². The van der Waals surface area contributed by atoms with Crippen molar-refractivity contribution < 1.29 is 19.1 Å². The van der Waals surface area contributed by atoms with Gasteiger partial charge in [0.25, 0.3) is 0 Å². The molecule has 1 aliphatic heterocycles. The van der Waals surface area contributed by atoms with Crippen molar-refractivity contribution in [2.24, 2.45) is 5.92 Å². The van der Waals surface area contributed by atoms with Crippen LogP contribution in [0.2, 0.25) is 0 Å². The number of ether oxygens (including phenoxy) is 2. The summed E-state index contributed by atoms with van der Waals surface area (Å²) in [5, 5.41) is 0. The van der Waals surface area contributed by atoms with Crippen LogP contribution in [0.25, 0.3) is 11.0 Å². The summed E-state index contributed by atoms with van der Waals surface area (Å²) in [6.07, 6.45) is 1.81. The standard InChI is InChI=1S/C23H34N4O4/c1-13(21(28)30-6)11-16-12-17-20(26-14(2)25-17)19(24)18(16)15-7-9-27(10-8-15)22(29)31-23(3,4)5/h12-13,15H,7-11,24H2,1-6H3,(H,25,26). The molecule has 0 saturated carbocycles. The minimum Gasteiger partial charge on any atom is -0.469 e. The summed E-state index contributed by atoms with van der Waals surface area (Å²) < 4.78 is 10.4. The molecule has 1 saturated heterocycles. The van der Waals surface area contributed by atoms with E-state index in [0.29, 0.717) is 25.2 Å². The molecular formula is C23H34N4O4. The number of rotatable bonds is 4. The maximum Gasteiger partial charge on any atom is 0.410 e. The van der Waals surface area contributed by atoms with Gasteiger partial charge in [0.05, 0.1) is 24.2 Å². The third-order valence-corrected chi connectivity index (χ3v) is 5.74. The minimum absolute atomic E-state index is 0.180. The lowest BCUT2D eigenvalue weighted by molar-refractivity contribution is -0.144. The number of nitrogens with two attached hydrogens (primary N) is 1. The van der Waals surface area contributed by atoms with Crippen molar-refractivity contribution in [2.75, 3.05) is 25.9 Å². The first kappa shape index (κ1) is 22.9. The normalized spacial score (nSPS) is 16.4. The van der Waals surface area contributed by atoms with Crippen molar-refractivity contribution in [1.29, 1.82) is 0 Å². The Morgan fingerprint density at radius 1 is 1.32 bits per heavy atom. The molecule has 1 unspecified atom stereocenters. The molecule has 3 rings (SSSR count). The Labute approximate surface area is 183 Å². The van der Waals surface area contributed by atoms with Gasteiger partial charge in [0, 0.05) is 13.1 Å². The SMILES string of the molecule is COC(=O)C(C)Cc1cc2[nH]c(C)nc2c(N)c1C1CCN(C(=O)OC(C)(C)C)CC1. The van der Waals surface area contributed by atoms with Crippen molar-refractivity contribution in [1.82, 2.24) is 14.9 Å². The zero-order chi connectivity index (χ0) is 22.9. The molecule has 0 bridgehead atoms. The molecular weight excluding hydrogens is 396 g/mol. The zero-order valence-electron chi connectivity index (χ0n) is 19.4. The first-order chi connectivity index (χ1) is 14.5. The highest BCUT2D eigenvalue weighted by Crippen LogP contribution is 2.39. The van der Waals surface area contributed by atoms with E-state index in [1.165, 1.54) is 7.11 Å². The Morgan fingerprint density at radius 2 is 1.97 bits per heavy atom. The molecule has 170 valence electrons. The smallest absolute Gasteiger partial charge is 0.410 e. The van der Waals surface area contributed by atoms with Gasteiger partial charge < -0.3 is 25.1 Å². The number of benzene rings is 1. The Morgan fingerprint density at radius 3 is 2.55 bits per heavy atom. The molecule has 1 amide bonds. The number of esters is 1. The van der Waals surface area contributed by atoms with Gasteiger partial charge in [-0.2, -0.15) is 0 Å². The molecule has 31 heavy (non-hydrogen) atoms. The number of hydrogen-bond donors (Lipinski definition) is 2. The first-order valence-electron chi connectivity index (χ1n) is 10.8. The van der Waals surface area contributed by atoms with E-state index in [9.17, 15) is 9.59 Å². The number of aromatic amines is 1. The second-order valence-electron chi connectivity index (χ2n) is 9.45. The van der Waals surface area contributed by atoms with Crippen LogP contribution < -0.4 is 5.73 Å². The van der Waals surface area contributed by atoms with Gasteiger partial charge in [-0.1, -0.05) is 6.92 Å². The van der Waals surface area contributed by atoms with Gasteiger partial charge in [0.1, 0.15) is 16.9 Å². The van der Waals surface area contributed by atoms with E-state index >= 15 is 0 Å². The molecule has 0 aliphatic carbocycles. The number of imidazole rings is 1. The maximum absolute atomic E-state index is 12.4. The third-order valence-electron chi connectivity index (χ3n) is 5.74. The highest BCUT2D eigenvalue weighted by molar-refractivity contribution is 5.91. The van der Waals surface area contributed by atoms with Crippen molar-refractivity contribution in [3.8, 4) is 0 Å². The number of aryl methyl sites for hydroxylation is 1. The number of nitrogens with one attached hydrogen (secondary N) is 1. The predicted octanol–water partition coefficient (Wildman–Crippen LogP) is 3.92. The Bertz CT molecular complexity index is 968. The predicted molar refractivity (Wildman–Crippen MR) is 120 cm³/mol. The monoisotopic (exact) mass is 430 g/mol.